The smallest absolute Gasteiger partial charge is 0.258 e. The van der Waals surface area contributed by atoms with Gasteiger partial charge in [0.15, 0.2) is 6.61 Å². The predicted molar refractivity (Wildman–Crippen MR) is 117 cm³/mol. The fraction of sp³-hybridized carbons (Fsp3) is 0.130. The molecule has 4 aromatic rings. The summed E-state index contributed by atoms with van der Waals surface area (Å²) >= 11 is 3.45. The summed E-state index contributed by atoms with van der Waals surface area (Å²) in [5.41, 5.74) is 0.605. The second-order valence-electron chi connectivity index (χ2n) is 6.89. The molecule has 0 aliphatic heterocycles. The monoisotopic (exact) mass is 467 g/mol. The molecule has 0 saturated heterocycles. The lowest BCUT2D eigenvalue weighted by Crippen LogP contribution is -2.34. The Labute approximate surface area is 181 Å². The first-order valence-electron chi connectivity index (χ1n) is 9.34. The number of benzene rings is 3. The van der Waals surface area contributed by atoms with Gasteiger partial charge < -0.3 is 14.6 Å². The summed E-state index contributed by atoms with van der Waals surface area (Å²) in [6.45, 7) is -0.168. The molecule has 1 heterocycles. The van der Waals surface area contributed by atoms with E-state index in [4.69, 9.17) is 4.74 Å². The van der Waals surface area contributed by atoms with Crippen LogP contribution in [0.4, 0.5) is 4.39 Å². The van der Waals surface area contributed by atoms with Crippen LogP contribution in [0.1, 0.15) is 17.4 Å². The molecule has 0 aliphatic carbocycles. The highest BCUT2D eigenvalue weighted by molar-refractivity contribution is 9.10. The van der Waals surface area contributed by atoms with E-state index >= 15 is 0 Å². The number of carbonyl (C=O) groups excluding carboxylic acids is 1. The zero-order chi connectivity index (χ0) is 21.1. The number of amides is 1. The molecule has 0 spiro atoms. The number of nitrogens with zero attached hydrogens (tertiary/aromatic N) is 2. The molecule has 1 N–H and O–H groups in total. The van der Waals surface area contributed by atoms with E-state index in [1.807, 2.05) is 43.4 Å². The van der Waals surface area contributed by atoms with Gasteiger partial charge in [-0.05, 0) is 52.7 Å². The van der Waals surface area contributed by atoms with Gasteiger partial charge in [0, 0.05) is 23.9 Å². The van der Waals surface area contributed by atoms with Crippen LogP contribution in [0.3, 0.4) is 0 Å². The summed E-state index contributed by atoms with van der Waals surface area (Å²) in [7, 11) is 1.82. The molecule has 1 aromatic heterocycles. The maximum Gasteiger partial charge on any atom is 0.258 e. The van der Waals surface area contributed by atoms with Gasteiger partial charge in [0.1, 0.15) is 23.4 Å². The lowest BCUT2D eigenvalue weighted by molar-refractivity contribution is -0.123. The highest BCUT2D eigenvalue weighted by atomic mass is 79.9. The molecule has 5 nitrogen and oxygen atoms in total. The van der Waals surface area contributed by atoms with E-state index < -0.39 is 6.04 Å². The summed E-state index contributed by atoms with van der Waals surface area (Å²) in [6, 6.07) is 17.1. The van der Waals surface area contributed by atoms with Crippen LogP contribution in [-0.2, 0) is 11.8 Å². The van der Waals surface area contributed by atoms with Crippen molar-refractivity contribution in [1.29, 1.82) is 0 Å². The number of carbonyl (C=O) groups is 1. The van der Waals surface area contributed by atoms with Crippen LogP contribution in [0, 0.1) is 5.82 Å². The van der Waals surface area contributed by atoms with Crippen molar-refractivity contribution < 1.29 is 13.9 Å². The minimum atomic E-state index is -0.592. The molecule has 1 unspecified atom stereocenters. The first-order valence-corrected chi connectivity index (χ1v) is 10.1. The minimum Gasteiger partial charge on any atom is -0.484 e. The maximum absolute atomic E-state index is 13.8. The third-order valence-corrected chi connectivity index (χ3v) is 5.24. The zero-order valence-electron chi connectivity index (χ0n) is 16.2. The van der Waals surface area contributed by atoms with Crippen molar-refractivity contribution in [2.24, 2.45) is 7.05 Å². The van der Waals surface area contributed by atoms with Gasteiger partial charge in [0.2, 0.25) is 0 Å². The van der Waals surface area contributed by atoms with Crippen molar-refractivity contribution >= 4 is 32.6 Å². The Hall–Kier alpha value is -3.19. The van der Waals surface area contributed by atoms with E-state index in [2.05, 4.69) is 26.2 Å². The highest BCUT2D eigenvalue weighted by Gasteiger charge is 2.21. The van der Waals surface area contributed by atoms with Crippen LogP contribution < -0.4 is 10.1 Å². The number of nitrogens with one attached hydrogen (secondary N) is 1. The van der Waals surface area contributed by atoms with Crippen LogP contribution in [-0.4, -0.2) is 22.1 Å². The van der Waals surface area contributed by atoms with E-state index in [9.17, 15) is 9.18 Å². The van der Waals surface area contributed by atoms with E-state index in [-0.39, 0.29) is 18.3 Å². The van der Waals surface area contributed by atoms with Crippen LogP contribution in [0.5, 0.6) is 5.75 Å². The molecule has 3 aromatic carbocycles. The number of hydrogen-bond acceptors (Lipinski definition) is 3. The summed E-state index contributed by atoms with van der Waals surface area (Å²) < 4.78 is 22.2. The maximum atomic E-state index is 13.8. The van der Waals surface area contributed by atoms with Crippen LogP contribution in [0.25, 0.3) is 10.8 Å². The minimum absolute atomic E-state index is 0.168. The number of hydrogen-bond donors (Lipinski definition) is 1. The fourth-order valence-corrected chi connectivity index (χ4v) is 3.65. The molecule has 152 valence electrons. The fourth-order valence-electron chi connectivity index (χ4n) is 3.27. The number of aryl methyl sites for hydroxylation is 1. The van der Waals surface area contributed by atoms with Gasteiger partial charge in [-0.1, -0.05) is 40.2 Å². The Kier molecular flexibility index (Phi) is 5.81. The molecular weight excluding hydrogens is 449 g/mol. The lowest BCUT2D eigenvalue weighted by Gasteiger charge is -2.19. The first-order chi connectivity index (χ1) is 14.5. The molecule has 0 bridgehead atoms. The Morgan fingerprint density at radius 2 is 1.97 bits per heavy atom. The Balaban J connectivity index is 1.49. The standard InChI is InChI=1S/C23H19BrFN3O2/c1-28-10-9-26-23(28)22(17-3-2-4-19(25)12-17)27-21(29)14-30-20-8-6-15-11-18(24)7-5-16(15)13-20/h2-13,22H,14H2,1H3,(H,27,29). The van der Waals surface area contributed by atoms with Crippen molar-refractivity contribution in [3.63, 3.8) is 0 Å². The Morgan fingerprint density at radius 1 is 1.17 bits per heavy atom. The molecule has 0 radical (unpaired) electrons. The van der Waals surface area contributed by atoms with Gasteiger partial charge in [-0.25, -0.2) is 9.37 Å². The number of aromatic nitrogens is 2. The molecule has 1 atom stereocenters. The number of imidazole rings is 1. The van der Waals surface area contributed by atoms with Crippen molar-refractivity contribution in [3.8, 4) is 5.75 Å². The number of rotatable bonds is 6. The van der Waals surface area contributed by atoms with Gasteiger partial charge >= 0.3 is 0 Å². The van der Waals surface area contributed by atoms with Crippen LogP contribution in [0.15, 0.2) is 77.5 Å². The van der Waals surface area contributed by atoms with Crippen LogP contribution in [0.2, 0.25) is 0 Å². The van der Waals surface area contributed by atoms with Gasteiger partial charge in [0.25, 0.3) is 5.91 Å². The summed E-state index contributed by atoms with van der Waals surface area (Å²) in [5, 5.41) is 4.99. The van der Waals surface area contributed by atoms with Crippen molar-refractivity contribution in [1.82, 2.24) is 14.9 Å². The normalized spacial score (nSPS) is 12.0. The quantitative estimate of drug-likeness (QED) is 0.444. The molecule has 0 fully saturated rings. The summed E-state index contributed by atoms with van der Waals surface area (Å²) in [5.74, 6) is 0.493. The van der Waals surface area contributed by atoms with Crippen molar-refractivity contribution in [2.45, 2.75) is 6.04 Å². The van der Waals surface area contributed by atoms with Crippen molar-refractivity contribution in [3.05, 3.63) is 94.7 Å². The van der Waals surface area contributed by atoms with E-state index in [0.717, 1.165) is 15.2 Å². The molecule has 1 amide bonds. The van der Waals surface area contributed by atoms with Gasteiger partial charge in [-0.15, -0.1) is 0 Å². The average Bonchev–Trinajstić information content (AvgIpc) is 3.16. The van der Waals surface area contributed by atoms with Gasteiger partial charge in [-0.3, -0.25) is 4.79 Å². The van der Waals surface area contributed by atoms with Crippen molar-refractivity contribution in [2.75, 3.05) is 6.61 Å². The Bertz CT molecular complexity index is 1210. The first kappa shape index (κ1) is 20.1. The second-order valence-corrected chi connectivity index (χ2v) is 7.81. The third kappa shape index (κ3) is 4.52. The van der Waals surface area contributed by atoms with Gasteiger partial charge in [0.05, 0.1) is 0 Å². The highest BCUT2D eigenvalue weighted by Crippen LogP contribution is 2.24. The van der Waals surface area contributed by atoms with Crippen LogP contribution >= 0.6 is 15.9 Å². The third-order valence-electron chi connectivity index (χ3n) is 4.75. The number of halogens is 2. The largest absolute Gasteiger partial charge is 0.484 e. The van der Waals surface area contributed by atoms with E-state index in [1.165, 1.54) is 12.1 Å². The van der Waals surface area contributed by atoms with E-state index in [1.54, 1.807) is 29.1 Å². The average molecular weight is 468 g/mol. The Morgan fingerprint density at radius 3 is 2.73 bits per heavy atom. The second kappa shape index (κ2) is 8.67. The number of fused-ring (bicyclic) bond motifs is 1. The summed E-state index contributed by atoms with van der Waals surface area (Å²) in [4.78, 5) is 16.9. The molecule has 0 saturated carbocycles. The molecular formula is C23H19BrFN3O2. The molecule has 30 heavy (non-hydrogen) atoms. The molecule has 7 heteroatoms. The lowest BCUT2D eigenvalue weighted by atomic mass is 10.1. The zero-order valence-corrected chi connectivity index (χ0v) is 17.8. The summed E-state index contributed by atoms with van der Waals surface area (Å²) in [6.07, 6.45) is 3.41. The van der Waals surface area contributed by atoms with E-state index in [0.29, 0.717) is 17.1 Å². The number of ether oxygens (including phenoxy) is 1. The van der Waals surface area contributed by atoms with Gasteiger partial charge in [-0.2, -0.15) is 0 Å². The SMILES string of the molecule is Cn1ccnc1C(NC(=O)COc1ccc2cc(Br)ccc2c1)c1cccc(F)c1. The predicted octanol–water partition coefficient (Wildman–Crippen LogP) is 4.76. The topological polar surface area (TPSA) is 56.2 Å². The molecule has 4 rings (SSSR count). The molecule has 0 aliphatic rings.